The largest absolute Gasteiger partial charge is 0.456 e. The molecule has 1 heterocycles. The molecule has 41 heavy (non-hydrogen) atoms. The third-order valence-corrected chi connectivity index (χ3v) is 11.6. The first-order valence-corrected chi connectivity index (χ1v) is 16.8. The van der Waals surface area contributed by atoms with Crippen molar-refractivity contribution in [3.8, 4) is 11.8 Å². The number of rotatable bonds is 9. The molecule has 0 amide bonds. The molecule has 0 radical (unpaired) electrons. The lowest BCUT2D eigenvalue weighted by atomic mass is 9.97. The number of ether oxygens (including phenoxy) is 4. The van der Waals surface area contributed by atoms with E-state index < -0.39 is 50.5 Å². The van der Waals surface area contributed by atoms with Gasteiger partial charge in [-0.15, -0.1) is 0 Å². The summed E-state index contributed by atoms with van der Waals surface area (Å²) in [6, 6.07) is 19.2. The van der Waals surface area contributed by atoms with Crippen LogP contribution in [-0.4, -0.2) is 51.0 Å². The molecule has 0 spiro atoms. The summed E-state index contributed by atoms with van der Waals surface area (Å²) in [6.07, 6.45) is -0.281. The van der Waals surface area contributed by atoms with E-state index in [9.17, 15) is 9.59 Å². The fourth-order valence-electron chi connectivity index (χ4n) is 4.12. The smallest absolute Gasteiger partial charge is 0.384 e. The van der Waals surface area contributed by atoms with Crippen LogP contribution in [0.25, 0.3) is 6.08 Å². The average Bonchev–Trinajstić information content (AvgIpc) is 3.24. The lowest BCUT2D eigenvalue weighted by Crippen LogP contribution is -2.47. The fourth-order valence-corrected chi connectivity index (χ4v) is 5.37. The zero-order chi connectivity index (χ0) is 30.3. The van der Waals surface area contributed by atoms with E-state index in [1.54, 1.807) is 26.8 Å². The maximum atomic E-state index is 13.0. The van der Waals surface area contributed by atoms with Crippen molar-refractivity contribution in [3.63, 3.8) is 0 Å². The highest BCUT2D eigenvalue weighted by atomic mass is 28.4. The van der Waals surface area contributed by atoms with Gasteiger partial charge in [-0.1, -0.05) is 81.4 Å². The van der Waals surface area contributed by atoms with E-state index in [2.05, 4.69) is 45.7 Å². The molecule has 1 aliphatic heterocycles. The van der Waals surface area contributed by atoms with Crippen LogP contribution in [0.4, 0.5) is 0 Å². The van der Waals surface area contributed by atoms with E-state index in [-0.39, 0.29) is 11.6 Å². The normalized spacial score (nSPS) is 20.1. The Morgan fingerprint density at radius 2 is 1.59 bits per heavy atom. The third-order valence-electron chi connectivity index (χ3n) is 7.16. The first-order chi connectivity index (χ1) is 19.2. The zero-order valence-electron chi connectivity index (χ0n) is 25.3. The molecule has 7 nitrogen and oxygen atoms in total. The number of hydrogen-bond acceptors (Lipinski definition) is 7. The average molecular weight is 579 g/mol. The number of esters is 2. The molecule has 0 aliphatic carbocycles. The molecule has 8 heteroatoms. The molecule has 2 aromatic rings. The number of carbonyl (C=O) groups is 2. The van der Waals surface area contributed by atoms with E-state index in [1.165, 1.54) is 6.08 Å². The van der Waals surface area contributed by atoms with Crippen LogP contribution >= 0.6 is 0 Å². The van der Waals surface area contributed by atoms with Crippen molar-refractivity contribution in [2.45, 2.75) is 89.9 Å². The highest BCUT2D eigenvalue weighted by molar-refractivity contribution is 6.74. The molecule has 2 aromatic carbocycles. The van der Waals surface area contributed by atoms with Crippen molar-refractivity contribution in [2.24, 2.45) is 0 Å². The van der Waals surface area contributed by atoms with Gasteiger partial charge in [-0.2, -0.15) is 0 Å². The van der Waals surface area contributed by atoms with Crippen LogP contribution < -0.4 is 0 Å². The van der Waals surface area contributed by atoms with Crippen molar-refractivity contribution in [1.29, 1.82) is 0 Å². The van der Waals surface area contributed by atoms with Gasteiger partial charge in [-0.05, 0) is 62.0 Å². The first kappa shape index (κ1) is 32.3. The Bertz CT molecular complexity index is 1250. The van der Waals surface area contributed by atoms with E-state index in [1.807, 2.05) is 60.7 Å². The second kappa shape index (κ2) is 13.6. The van der Waals surface area contributed by atoms with Gasteiger partial charge in [-0.25, -0.2) is 9.59 Å². The van der Waals surface area contributed by atoms with Gasteiger partial charge in [-0.3, -0.25) is 0 Å². The monoisotopic (exact) mass is 578 g/mol. The van der Waals surface area contributed by atoms with Gasteiger partial charge in [0.2, 0.25) is 0 Å². The fraction of sp³-hybridized carbons (Fsp3) is 0.455. The molecule has 1 aliphatic rings. The molecule has 0 aromatic heterocycles. The molecular weight excluding hydrogens is 536 g/mol. The predicted molar refractivity (Wildman–Crippen MR) is 161 cm³/mol. The Kier molecular flexibility index (Phi) is 10.7. The molecule has 4 atom stereocenters. The summed E-state index contributed by atoms with van der Waals surface area (Å²) in [5.41, 5.74) is 1.74. The highest BCUT2D eigenvalue weighted by Crippen LogP contribution is 2.45. The lowest BCUT2D eigenvalue weighted by Gasteiger charge is -2.41. The third kappa shape index (κ3) is 9.14. The van der Waals surface area contributed by atoms with Crippen molar-refractivity contribution in [2.75, 3.05) is 6.61 Å². The number of benzene rings is 2. The van der Waals surface area contributed by atoms with Crippen LogP contribution in [0.15, 0.2) is 66.7 Å². The second-order valence-corrected chi connectivity index (χ2v) is 16.6. The summed E-state index contributed by atoms with van der Waals surface area (Å²) < 4.78 is 30.6. The van der Waals surface area contributed by atoms with Crippen LogP contribution in [0, 0.1) is 11.8 Å². The Morgan fingerprint density at radius 3 is 2.17 bits per heavy atom. The van der Waals surface area contributed by atoms with Crippen LogP contribution in [0.2, 0.25) is 18.1 Å². The SMILES string of the molecule is CCOC(=O)C#C[C@H](OC(=O)/C=C/c1ccccc1)[C@H]1OC(C)(C)O[C@@H]1[C@H](O[Si](C)(C)C(C)(C)C)c1ccccc1. The molecule has 0 saturated carbocycles. The van der Waals surface area contributed by atoms with Gasteiger partial charge in [0.05, 0.1) is 12.7 Å². The van der Waals surface area contributed by atoms with Crippen molar-refractivity contribution in [3.05, 3.63) is 77.9 Å². The van der Waals surface area contributed by atoms with Crippen molar-refractivity contribution < 1.29 is 33.0 Å². The molecule has 0 bridgehead atoms. The van der Waals surface area contributed by atoms with Gasteiger partial charge in [0.25, 0.3) is 0 Å². The van der Waals surface area contributed by atoms with Gasteiger partial charge < -0.3 is 23.4 Å². The topological polar surface area (TPSA) is 80.3 Å². The Hall–Kier alpha value is -3.22. The first-order valence-electron chi connectivity index (χ1n) is 13.9. The maximum Gasteiger partial charge on any atom is 0.384 e. The Balaban J connectivity index is 2.02. The minimum absolute atomic E-state index is 0.0810. The van der Waals surface area contributed by atoms with Crippen LogP contribution in [0.1, 0.15) is 58.8 Å². The molecule has 1 saturated heterocycles. The summed E-state index contributed by atoms with van der Waals surface area (Å²) >= 11 is 0. The summed E-state index contributed by atoms with van der Waals surface area (Å²) in [4.78, 5) is 25.2. The Morgan fingerprint density at radius 1 is 1.00 bits per heavy atom. The minimum atomic E-state index is -2.32. The predicted octanol–water partition coefficient (Wildman–Crippen LogP) is 6.46. The Labute approximate surface area is 245 Å². The van der Waals surface area contributed by atoms with Gasteiger partial charge in [0.15, 0.2) is 20.2 Å². The molecule has 3 rings (SSSR count). The maximum absolute atomic E-state index is 13.0. The van der Waals surface area contributed by atoms with Gasteiger partial charge >= 0.3 is 11.9 Å². The second-order valence-electron chi connectivity index (χ2n) is 11.9. The van der Waals surface area contributed by atoms with Crippen molar-refractivity contribution in [1.82, 2.24) is 0 Å². The van der Waals surface area contributed by atoms with Crippen LogP contribution in [0.5, 0.6) is 0 Å². The van der Waals surface area contributed by atoms with Gasteiger partial charge in [0, 0.05) is 12.0 Å². The van der Waals surface area contributed by atoms with E-state index >= 15 is 0 Å². The van der Waals surface area contributed by atoms with Crippen molar-refractivity contribution >= 4 is 26.3 Å². The molecule has 1 fully saturated rings. The number of carbonyl (C=O) groups excluding carboxylic acids is 2. The summed E-state index contributed by atoms with van der Waals surface area (Å²) in [5, 5.41) is -0.0810. The molecule has 0 N–H and O–H groups in total. The quantitative estimate of drug-likeness (QED) is 0.111. The summed E-state index contributed by atoms with van der Waals surface area (Å²) in [7, 11) is -2.32. The van der Waals surface area contributed by atoms with Gasteiger partial charge in [0.1, 0.15) is 12.2 Å². The lowest BCUT2D eigenvalue weighted by molar-refractivity contribution is -0.164. The summed E-state index contributed by atoms with van der Waals surface area (Å²) in [5.74, 6) is 2.86. The molecule has 220 valence electrons. The van der Waals surface area contributed by atoms with Crippen LogP contribution in [0.3, 0.4) is 0 Å². The highest BCUT2D eigenvalue weighted by Gasteiger charge is 2.52. The number of hydrogen-bond donors (Lipinski definition) is 0. The van der Waals surface area contributed by atoms with E-state index in [4.69, 9.17) is 23.4 Å². The van der Waals surface area contributed by atoms with E-state index in [0.29, 0.717) is 0 Å². The standard InChI is InChI=1S/C33H42O7Si/c1-9-36-27(34)23-21-26(37-28(35)22-20-24-16-12-10-13-17-24)30-31(39-33(5,6)38-30)29(25-18-14-11-15-19-25)40-41(7,8)32(2,3)4/h10-20,22,26,29-31H,9H2,1-8H3/b22-20+/t26-,29+,30+,31+/m0/s1. The molecular formula is C33H42O7Si. The zero-order valence-corrected chi connectivity index (χ0v) is 26.3. The molecule has 0 unspecified atom stereocenters. The minimum Gasteiger partial charge on any atom is -0.456 e. The van der Waals surface area contributed by atoms with E-state index in [0.717, 1.165) is 11.1 Å². The summed E-state index contributed by atoms with van der Waals surface area (Å²) in [6.45, 7) is 16.3. The van der Waals surface area contributed by atoms with Crippen LogP contribution in [-0.2, 0) is 33.0 Å².